The zero-order valence-corrected chi connectivity index (χ0v) is 15.1. The summed E-state index contributed by atoms with van der Waals surface area (Å²) in [5, 5.41) is 0. The van der Waals surface area contributed by atoms with E-state index >= 15 is 0 Å². The Hall–Kier alpha value is -1.51. The van der Waals surface area contributed by atoms with Gasteiger partial charge in [0.05, 0.1) is 0 Å². The fraction of sp³-hybridized carbons (Fsp3) is 0.364. The summed E-state index contributed by atoms with van der Waals surface area (Å²) in [5.74, 6) is 0. The molecule has 0 saturated carbocycles. The maximum atomic E-state index is 2.73. The molecule has 124 valence electrons. The van der Waals surface area contributed by atoms with Gasteiger partial charge in [-0.25, -0.2) is 0 Å². The van der Waals surface area contributed by atoms with Gasteiger partial charge in [0, 0.05) is 23.5 Å². The summed E-state index contributed by atoms with van der Waals surface area (Å²) in [5.41, 5.74) is 4.42. The second-order valence-corrected chi connectivity index (χ2v) is 7.81. The summed E-state index contributed by atoms with van der Waals surface area (Å²) in [4.78, 5) is 4.08. The highest BCUT2D eigenvalue weighted by Gasteiger charge is 2.33. The average Bonchev–Trinajstić information content (AvgIpc) is 2.62. The molecule has 2 aliphatic heterocycles. The van der Waals surface area contributed by atoms with Crippen LogP contribution in [0, 0.1) is 0 Å². The molecule has 2 unspecified atom stereocenters. The van der Waals surface area contributed by atoms with Gasteiger partial charge in [0.25, 0.3) is 0 Å². The Kier molecular flexibility index (Phi) is 4.77. The molecule has 24 heavy (non-hydrogen) atoms. The minimum absolute atomic E-state index is 0.605. The Morgan fingerprint density at radius 2 is 1.79 bits per heavy atom. The van der Waals surface area contributed by atoms with E-state index in [4.69, 9.17) is 0 Å². The van der Waals surface area contributed by atoms with Crippen molar-refractivity contribution in [2.24, 2.45) is 0 Å². The van der Waals surface area contributed by atoms with E-state index in [1.54, 1.807) is 5.57 Å². The summed E-state index contributed by atoms with van der Waals surface area (Å²) in [6.07, 6.45) is 9.89. The average molecular weight is 336 g/mol. The lowest BCUT2D eigenvalue weighted by Gasteiger charge is -2.45. The van der Waals surface area contributed by atoms with E-state index in [2.05, 4.69) is 71.8 Å². The van der Waals surface area contributed by atoms with Gasteiger partial charge < -0.3 is 0 Å². The molecule has 1 saturated heterocycles. The maximum Gasteiger partial charge on any atom is 0.0290 e. The summed E-state index contributed by atoms with van der Waals surface area (Å²) >= 11 is 1.81. The van der Waals surface area contributed by atoms with Crippen molar-refractivity contribution in [2.75, 3.05) is 6.26 Å². The van der Waals surface area contributed by atoms with Gasteiger partial charge in [-0.2, -0.15) is 0 Å². The molecule has 0 aromatic heterocycles. The third-order valence-corrected chi connectivity index (χ3v) is 6.19. The number of hydrogen-bond donors (Lipinski definition) is 0. The first kappa shape index (κ1) is 16.0. The largest absolute Gasteiger partial charge is 0.289 e. The molecule has 2 bridgehead atoms. The van der Waals surface area contributed by atoms with Crippen LogP contribution >= 0.6 is 11.8 Å². The smallest absolute Gasteiger partial charge is 0.0290 e. The molecule has 2 aliphatic rings. The molecule has 2 atom stereocenters. The van der Waals surface area contributed by atoms with E-state index in [0.717, 1.165) is 6.54 Å². The van der Waals surface area contributed by atoms with Gasteiger partial charge in [0.15, 0.2) is 0 Å². The second kappa shape index (κ2) is 7.16. The number of benzene rings is 2. The third kappa shape index (κ3) is 3.31. The second-order valence-electron chi connectivity index (χ2n) is 6.93. The van der Waals surface area contributed by atoms with E-state index < -0.39 is 0 Å². The Balaban J connectivity index is 1.57. The van der Waals surface area contributed by atoms with Gasteiger partial charge >= 0.3 is 0 Å². The summed E-state index contributed by atoms with van der Waals surface area (Å²) in [6.45, 7) is 1.09. The normalized spacial score (nSPS) is 23.8. The molecule has 2 aromatic rings. The summed E-state index contributed by atoms with van der Waals surface area (Å²) in [6, 6.07) is 21.4. The van der Waals surface area contributed by atoms with Crippen molar-refractivity contribution in [2.45, 2.75) is 49.2 Å². The fourth-order valence-electron chi connectivity index (χ4n) is 4.18. The topological polar surface area (TPSA) is 3.24 Å². The van der Waals surface area contributed by atoms with Crippen LogP contribution < -0.4 is 0 Å². The summed E-state index contributed by atoms with van der Waals surface area (Å²) < 4.78 is 0. The lowest BCUT2D eigenvalue weighted by molar-refractivity contribution is 0.0951. The van der Waals surface area contributed by atoms with Crippen molar-refractivity contribution in [1.82, 2.24) is 4.90 Å². The molecule has 2 aromatic carbocycles. The first-order valence-corrected chi connectivity index (χ1v) is 10.2. The number of thioether (sulfide) groups is 1. The molecule has 4 rings (SSSR count). The Morgan fingerprint density at radius 1 is 1.00 bits per heavy atom. The number of piperidine rings is 1. The van der Waals surface area contributed by atoms with Crippen LogP contribution in [0.4, 0.5) is 0 Å². The highest BCUT2D eigenvalue weighted by molar-refractivity contribution is 7.98. The van der Waals surface area contributed by atoms with E-state index in [0.29, 0.717) is 12.1 Å². The maximum absolute atomic E-state index is 2.73. The number of hydrogen-bond acceptors (Lipinski definition) is 2. The fourth-order valence-corrected chi connectivity index (χ4v) is 4.59. The van der Waals surface area contributed by atoms with Gasteiger partial charge in [-0.1, -0.05) is 55.0 Å². The molecular formula is C22H25NS. The number of nitrogens with zero attached hydrogens (tertiary/aromatic N) is 1. The molecule has 1 nitrogen and oxygen atoms in total. The molecule has 0 amide bonds. The van der Waals surface area contributed by atoms with Crippen molar-refractivity contribution < 1.29 is 0 Å². The molecule has 1 fully saturated rings. The van der Waals surface area contributed by atoms with Crippen molar-refractivity contribution in [3.05, 3.63) is 71.8 Å². The molecule has 2 heterocycles. The quantitative estimate of drug-likeness (QED) is 0.667. The van der Waals surface area contributed by atoms with Gasteiger partial charge in [-0.3, -0.25) is 4.90 Å². The van der Waals surface area contributed by atoms with Gasteiger partial charge in [0.2, 0.25) is 0 Å². The van der Waals surface area contributed by atoms with Crippen molar-refractivity contribution >= 4 is 17.3 Å². The van der Waals surface area contributed by atoms with Crippen LogP contribution in [0.5, 0.6) is 0 Å². The van der Waals surface area contributed by atoms with Crippen LogP contribution in [0.2, 0.25) is 0 Å². The monoisotopic (exact) mass is 335 g/mol. The Bertz CT molecular complexity index is 705. The standard InChI is InChI=1S/C22H25NS/c1-24-22-12-10-18(11-13-22)19-14-20-8-5-9-21(15-19)23(20)16-17-6-3-2-4-7-17/h2-4,6-7,10-14,20-21H,5,8-9,15-16H2,1H3. The zero-order chi connectivity index (χ0) is 16.4. The first-order valence-electron chi connectivity index (χ1n) is 8.98. The lowest BCUT2D eigenvalue weighted by atomic mass is 9.82. The van der Waals surface area contributed by atoms with Crippen LogP contribution in [-0.4, -0.2) is 23.2 Å². The highest BCUT2D eigenvalue weighted by Crippen LogP contribution is 2.38. The van der Waals surface area contributed by atoms with E-state index in [1.807, 2.05) is 11.8 Å². The molecule has 0 N–H and O–H groups in total. The molecule has 0 radical (unpaired) electrons. The van der Waals surface area contributed by atoms with Crippen LogP contribution in [0.15, 0.2) is 65.6 Å². The van der Waals surface area contributed by atoms with E-state index in [1.165, 1.54) is 41.7 Å². The van der Waals surface area contributed by atoms with Crippen LogP contribution in [0.25, 0.3) is 5.57 Å². The van der Waals surface area contributed by atoms with Crippen LogP contribution in [0.1, 0.15) is 36.8 Å². The Morgan fingerprint density at radius 3 is 2.50 bits per heavy atom. The van der Waals surface area contributed by atoms with Crippen molar-refractivity contribution in [1.29, 1.82) is 0 Å². The van der Waals surface area contributed by atoms with Crippen molar-refractivity contribution in [3.63, 3.8) is 0 Å². The van der Waals surface area contributed by atoms with Gasteiger partial charge in [-0.05, 0) is 54.4 Å². The lowest BCUT2D eigenvalue weighted by Crippen LogP contribution is -2.47. The van der Waals surface area contributed by atoms with E-state index in [9.17, 15) is 0 Å². The minimum atomic E-state index is 0.605. The Labute approximate surface area is 149 Å². The summed E-state index contributed by atoms with van der Waals surface area (Å²) in [7, 11) is 0. The van der Waals surface area contributed by atoms with Crippen LogP contribution in [-0.2, 0) is 6.54 Å². The van der Waals surface area contributed by atoms with E-state index in [-0.39, 0.29) is 0 Å². The molecule has 2 heteroatoms. The third-order valence-electron chi connectivity index (χ3n) is 5.45. The zero-order valence-electron chi connectivity index (χ0n) is 14.3. The minimum Gasteiger partial charge on any atom is -0.289 e. The SMILES string of the molecule is CSc1ccc(C2=CC3CCCC(C2)N3Cc2ccccc2)cc1. The number of fused-ring (bicyclic) bond motifs is 2. The molecule has 0 spiro atoms. The predicted molar refractivity (Wildman–Crippen MR) is 104 cm³/mol. The van der Waals surface area contributed by atoms with Gasteiger partial charge in [-0.15, -0.1) is 11.8 Å². The molecule has 0 aliphatic carbocycles. The highest BCUT2D eigenvalue weighted by atomic mass is 32.2. The number of rotatable bonds is 4. The predicted octanol–water partition coefficient (Wildman–Crippen LogP) is 5.62. The van der Waals surface area contributed by atoms with Crippen molar-refractivity contribution in [3.8, 4) is 0 Å². The first-order chi connectivity index (χ1) is 11.8. The van der Waals surface area contributed by atoms with Gasteiger partial charge in [0.1, 0.15) is 0 Å². The van der Waals surface area contributed by atoms with Crippen LogP contribution in [0.3, 0.4) is 0 Å². The molecular weight excluding hydrogens is 310 g/mol.